The summed E-state index contributed by atoms with van der Waals surface area (Å²) in [6.45, 7) is 7.43. The van der Waals surface area contributed by atoms with Crippen LogP contribution < -0.4 is 0 Å². The second kappa shape index (κ2) is 6.40. The number of carbonyl (C=O) groups is 1. The van der Waals surface area contributed by atoms with Gasteiger partial charge in [0.05, 0.1) is 12.0 Å². The van der Waals surface area contributed by atoms with Crippen LogP contribution in [0, 0.1) is 11.8 Å². The number of likely N-dealkylation sites (tertiary alicyclic amines) is 1. The van der Waals surface area contributed by atoms with Crippen molar-refractivity contribution in [2.24, 2.45) is 11.8 Å². The molecule has 0 radical (unpaired) electrons. The van der Waals surface area contributed by atoms with Gasteiger partial charge in [-0.3, -0.25) is 4.79 Å². The van der Waals surface area contributed by atoms with E-state index in [4.69, 9.17) is 0 Å². The number of hydrogen-bond acceptors (Lipinski definition) is 2. The van der Waals surface area contributed by atoms with Crippen molar-refractivity contribution in [1.82, 2.24) is 4.90 Å². The molecule has 0 bridgehead atoms. The largest absolute Gasteiger partial charge is 0.391 e. The second-order valence-corrected chi connectivity index (χ2v) is 6.25. The summed E-state index contributed by atoms with van der Waals surface area (Å²) in [7, 11) is 0. The maximum Gasteiger partial charge on any atom is 0.230 e. The molecule has 1 N–H and O–H groups in total. The lowest BCUT2D eigenvalue weighted by Crippen LogP contribution is -2.48. The van der Waals surface area contributed by atoms with E-state index in [0.29, 0.717) is 6.54 Å². The van der Waals surface area contributed by atoms with Crippen molar-refractivity contribution < 1.29 is 9.90 Å². The minimum Gasteiger partial charge on any atom is -0.391 e. The van der Waals surface area contributed by atoms with E-state index >= 15 is 0 Å². The van der Waals surface area contributed by atoms with Crippen LogP contribution in [0.1, 0.15) is 38.7 Å². The first-order valence-electron chi connectivity index (χ1n) is 7.52. The van der Waals surface area contributed by atoms with Crippen LogP contribution in [0.2, 0.25) is 0 Å². The van der Waals surface area contributed by atoms with Crippen molar-refractivity contribution >= 4 is 5.91 Å². The van der Waals surface area contributed by atoms with Crippen molar-refractivity contribution in [2.45, 2.75) is 39.2 Å². The molecule has 1 aromatic rings. The summed E-state index contributed by atoms with van der Waals surface area (Å²) in [6, 6.07) is 9.96. The fourth-order valence-corrected chi connectivity index (χ4v) is 2.92. The topological polar surface area (TPSA) is 40.5 Å². The smallest absolute Gasteiger partial charge is 0.230 e. The number of nitrogens with zero attached hydrogens (tertiary/aromatic N) is 1. The van der Waals surface area contributed by atoms with Crippen LogP contribution >= 0.6 is 0 Å². The predicted octanol–water partition coefficient (Wildman–Crippen LogP) is 2.66. The Morgan fingerprint density at radius 1 is 1.30 bits per heavy atom. The zero-order valence-electron chi connectivity index (χ0n) is 12.6. The minimum atomic E-state index is -0.392. The molecule has 3 unspecified atom stereocenters. The fraction of sp³-hybridized carbons (Fsp3) is 0.588. The van der Waals surface area contributed by atoms with Gasteiger partial charge in [0.2, 0.25) is 5.91 Å². The van der Waals surface area contributed by atoms with Gasteiger partial charge in [-0.25, -0.2) is 0 Å². The van der Waals surface area contributed by atoms with E-state index in [-0.39, 0.29) is 23.7 Å². The molecule has 1 fully saturated rings. The normalized spacial score (nSPS) is 24.8. The number of hydrogen-bond donors (Lipinski definition) is 1. The molecule has 0 aromatic heterocycles. The van der Waals surface area contributed by atoms with E-state index < -0.39 is 6.10 Å². The quantitative estimate of drug-likeness (QED) is 0.921. The number of carbonyl (C=O) groups excluding carboxylic acids is 1. The number of β-amino-alcohol motifs (C(OH)–C–C–N with tert-alkyl or cyclic N) is 1. The van der Waals surface area contributed by atoms with E-state index in [9.17, 15) is 9.90 Å². The van der Waals surface area contributed by atoms with Crippen molar-refractivity contribution in [3.63, 3.8) is 0 Å². The van der Waals surface area contributed by atoms with Gasteiger partial charge in [0, 0.05) is 13.1 Å². The van der Waals surface area contributed by atoms with Gasteiger partial charge in [0.15, 0.2) is 0 Å². The Hall–Kier alpha value is -1.35. The average Bonchev–Trinajstić information content (AvgIpc) is 2.42. The Morgan fingerprint density at radius 3 is 2.50 bits per heavy atom. The minimum absolute atomic E-state index is 0.114. The standard InChI is InChI=1S/C17H25NO2/c1-12(2)16(14-7-5-4-6-8-14)17(20)18-10-9-13(3)15(19)11-18/h4-8,12-13,15-16,19H,9-11H2,1-3H3. The zero-order valence-corrected chi connectivity index (χ0v) is 12.6. The SMILES string of the molecule is CC(C)C(C(=O)N1CCC(C)C(O)C1)c1ccccc1. The molecule has 1 aliphatic heterocycles. The Balaban J connectivity index is 2.16. The maximum atomic E-state index is 12.8. The third kappa shape index (κ3) is 3.21. The van der Waals surface area contributed by atoms with Crippen LogP contribution in [0.3, 0.4) is 0 Å². The summed E-state index contributed by atoms with van der Waals surface area (Å²) >= 11 is 0. The predicted molar refractivity (Wildman–Crippen MR) is 80.4 cm³/mol. The van der Waals surface area contributed by atoms with E-state index in [1.165, 1.54) is 0 Å². The summed E-state index contributed by atoms with van der Waals surface area (Å²) in [5.41, 5.74) is 1.07. The van der Waals surface area contributed by atoms with Crippen LogP contribution in [-0.4, -0.2) is 35.1 Å². The third-order valence-corrected chi connectivity index (χ3v) is 4.32. The van der Waals surface area contributed by atoms with Gasteiger partial charge in [-0.1, -0.05) is 51.1 Å². The Labute approximate surface area is 121 Å². The lowest BCUT2D eigenvalue weighted by atomic mass is 9.86. The zero-order chi connectivity index (χ0) is 14.7. The van der Waals surface area contributed by atoms with Crippen LogP contribution in [0.15, 0.2) is 30.3 Å². The van der Waals surface area contributed by atoms with Gasteiger partial charge in [-0.2, -0.15) is 0 Å². The highest BCUT2D eigenvalue weighted by atomic mass is 16.3. The van der Waals surface area contributed by atoms with E-state index in [0.717, 1.165) is 18.5 Å². The molecule has 0 spiro atoms. The van der Waals surface area contributed by atoms with Crippen molar-refractivity contribution in [3.05, 3.63) is 35.9 Å². The van der Waals surface area contributed by atoms with Crippen LogP contribution in [0.5, 0.6) is 0 Å². The summed E-state index contributed by atoms with van der Waals surface area (Å²) in [4.78, 5) is 14.6. The van der Waals surface area contributed by atoms with Gasteiger partial charge in [0.1, 0.15) is 0 Å². The molecule has 2 rings (SSSR count). The first kappa shape index (κ1) is 15.0. The second-order valence-electron chi connectivity index (χ2n) is 6.25. The highest BCUT2D eigenvalue weighted by molar-refractivity contribution is 5.84. The van der Waals surface area contributed by atoms with Gasteiger partial charge in [-0.05, 0) is 23.8 Å². The van der Waals surface area contributed by atoms with Crippen molar-refractivity contribution in [1.29, 1.82) is 0 Å². The van der Waals surface area contributed by atoms with Gasteiger partial charge in [-0.15, -0.1) is 0 Å². The number of aliphatic hydroxyl groups excluding tert-OH is 1. The molecule has 1 heterocycles. The first-order valence-corrected chi connectivity index (χ1v) is 7.52. The fourth-order valence-electron chi connectivity index (χ4n) is 2.92. The van der Waals surface area contributed by atoms with E-state index in [1.54, 1.807) is 0 Å². The molecular formula is C17H25NO2. The highest BCUT2D eigenvalue weighted by Gasteiger charge is 2.33. The van der Waals surface area contributed by atoms with Crippen LogP contribution in [-0.2, 0) is 4.79 Å². The van der Waals surface area contributed by atoms with E-state index in [2.05, 4.69) is 13.8 Å². The van der Waals surface area contributed by atoms with Gasteiger partial charge < -0.3 is 10.0 Å². The van der Waals surface area contributed by atoms with Crippen molar-refractivity contribution in [2.75, 3.05) is 13.1 Å². The summed E-state index contributed by atoms with van der Waals surface area (Å²) < 4.78 is 0. The van der Waals surface area contributed by atoms with Gasteiger partial charge in [0.25, 0.3) is 0 Å². The Bertz CT molecular complexity index is 444. The molecule has 1 saturated heterocycles. The number of aliphatic hydroxyl groups is 1. The Kier molecular flexibility index (Phi) is 4.81. The highest BCUT2D eigenvalue weighted by Crippen LogP contribution is 2.28. The molecule has 1 aliphatic rings. The van der Waals surface area contributed by atoms with Crippen molar-refractivity contribution in [3.8, 4) is 0 Å². The maximum absolute atomic E-state index is 12.8. The molecule has 0 saturated carbocycles. The summed E-state index contributed by atoms with van der Waals surface area (Å²) in [5, 5.41) is 9.99. The number of amides is 1. The summed E-state index contributed by atoms with van der Waals surface area (Å²) in [5.74, 6) is 0.573. The number of rotatable bonds is 3. The molecular weight excluding hydrogens is 250 g/mol. The van der Waals surface area contributed by atoms with Crippen LogP contribution in [0.4, 0.5) is 0 Å². The molecule has 3 heteroatoms. The molecule has 1 aromatic carbocycles. The molecule has 0 aliphatic carbocycles. The molecule has 20 heavy (non-hydrogen) atoms. The lowest BCUT2D eigenvalue weighted by Gasteiger charge is -2.37. The molecule has 3 nitrogen and oxygen atoms in total. The monoisotopic (exact) mass is 275 g/mol. The van der Waals surface area contributed by atoms with Crippen LogP contribution in [0.25, 0.3) is 0 Å². The third-order valence-electron chi connectivity index (χ3n) is 4.32. The number of benzene rings is 1. The molecule has 110 valence electrons. The average molecular weight is 275 g/mol. The van der Waals surface area contributed by atoms with Gasteiger partial charge >= 0.3 is 0 Å². The molecule has 1 amide bonds. The molecule has 3 atom stereocenters. The Morgan fingerprint density at radius 2 is 1.95 bits per heavy atom. The van der Waals surface area contributed by atoms with E-state index in [1.807, 2.05) is 42.2 Å². The number of piperidine rings is 1. The first-order chi connectivity index (χ1) is 9.50. The lowest BCUT2D eigenvalue weighted by molar-refractivity contribution is -0.138. The summed E-state index contributed by atoms with van der Waals surface area (Å²) in [6.07, 6.45) is 0.489.